The van der Waals surface area contributed by atoms with Crippen molar-refractivity contribution >= 4 is 45.2 Å². The maximum absolute atomic E-state index is 12.4. The van der Waals surface area contributed by atoms with Crippen LogP contribution in [-0.2, 0) is 0 Å². The zero-order valence-electron chi connectivity index (χ0n) is 13.6. The van der Waals surface area contributed by atoms with Crippen molar-refractivity contribution in [2.45, 2.75) is 0 Å². The standard InChI is InChI=1S/C18H11ClN4O3S/c19-12-3-6-16(23(25)26)14(9-12)17(24)20-13-4-1-11(2-5-13)15-10-22-7-8-27-18(22)21-15/h1-10H,(H,20,24). The van der Waals surface area contributed by atoms with Gasteiger partial charge in [0.05, 0.1) is 10.6 Å². The molecule has 0 unspecified atom stereocenters. The Hall–Kier alpha value is -3.23. The fourth-order valence-electron chi connectivity index (χ4n) is 2.64. The highest BCUT2D eigenvalue weighted by molar-refractivity contribution is 7.15. The van der Waals surface area contributed by atoms with Crippen LogP contribution in [0.3, 0.4) is 0 Å². The third kappa shape index (κ3) is 3.40. The topological polar surface area (TPSA) is 89.5 Å². The lowest BCUT2D eigenvalue weighted by molar-refractivity contribution is -0.385. The maximum atomic E-state index is 12.4. The fourth-order valence-corrected chi connectivity index (χ4v) is 3.51. The molecule has 0 saturated heterocycles. The molecule has 0 spiro atoms. The highest BCUT2D eigenvalue weighted by Gasteiger charge is 2.20. The summed E-state index contributed by atoms with van der Waals surface area (Å²) in [6.45, 7) is 0. The second-order valence-electron chi connectivity index (χ2n) is 5.67. The quantitative estimate of drug-likeness (QED) is 0.392. The Morgan fingerprint density at radius 1 is 1.22 bits per heavy atom. The van der Waals surface area contributed by atoms with Gasteiger partial charge in [-0.2, -0.15) is 0 Å². The van der Waals surface area contributed by atoms with Crippen molar-refractivity contribution in [2.24, 2.45) is 0 Å². The third-order valence-electron chi connectivity index (χ3n) is 3.93. The molecule has 0 fully saturated rings. The number of imidazole rings is 1. The van der Waals surface area contributed by atoms with E-state index in [1.54, 1.807) is 23.5 Å². The summed E-state index contributed by atoms with van der Waals surface area (Å²) in [5.41, 5.74) is 1.85. The number of thiazole rings is 1. The van der Waals surface area contributed by atoms with Crippen LogP contribution in [0.1, 0.15) is 10.4 Å². The third-order valence-corrected chi connectivity index (χ3v) is 4.94. The molecule has 2 aromatic heterocycles. The van der Waals surface area contributed by atoms with Gasteiger partial charge < -0.3 is 5.32 Å². The molecule has 0 aliphatic heterocycles. The zero-order valence-corrected chi connectivity index (χ0v) is 15.2. The number of benzene rings is 2. The number of carbonyl (C=O) groups excluding carboxylic acids is 1. The lowest BCUT2D eigenvalue weighted by Gasteiger charge is -2.07. The lowest BCUT2D eigenvalue weighted by atomic mass is 10.1. The molecule has 2 aromatic carbocycles. The van der Waals surface area contributed by atoms with Crippen molar-refractivity contribution in [3.05, 3.63) is 80.9 Å². The predicted octanol–water partition coefficient (Wildman–Crippen LogP) is 4.88. The number of fused-ring (bicyclic) bond motifs is 1. The van der Waals surface area contributed by atoms with Crippen LogP contribution in [0, 0.1) is 10.1 Å². The molecule has 0 saturated carbocycles. The summed E-state index contributed by atoms with van der Waals surface area (Å²) in [4.78, 5) is 28.4. The van der Waals surface area contributed by atoms with Crippen molar-refractivity contribution in [1.29, 1.82) is 0 Å². The number of anilines is 1. The molecule has 0 aliphatic carbocycles. The SMILES string of the molecule is O=C(Nc1ccc(-c2cn3ccsc3n2)cc1)c1cc(Cl)ccc1[N+](=O)[O-]. The number of carbonyl (C=O) groups is 1. The van der Waals surface area contributed by atoms with Crippen LogP contribution < -0.4 is 5.32 Å². The maximum Gasteiger partial charge on any atom is 0.282 e. The minimum absolute atomic E-state index is 0.0917. The van der Waals surface area contributed by atoms with E-state index in [2.05, 4.69) is 10.3 Å². The van der Waals surface area contributed by atoms with Gasteiger partial charge in [0.1, 0.15) is 5.56 Å². The van der Waals surface area contributed by atoms with E-state index in [4.69, 9.17) is 11.6 Å². The van der Waals surface area contributed by atoms with Crippen LogP contribution in [0.4, 0.5) is 11.4 Å². The number of nitro groups is 1. The predicted molar refractivity (Wildman–Crippen MR) is 105 cm³/mol. The average Bonchev–Trinajstić information content (AvgIpc) is 3.24. The van der Waals surface area contributed by atoms with E-state index in [-0.39, 0.29) is 16.3 Å². The normalized spacial score (nSPS) is 10.9. The summed E-state index contributed by atoms with van der Waals surface area (Å²) in [7, 11) is 0. The Balaban J connectivity index is 1.56. The summed E-state index contributed by atoms with van der Waals surface area (Å²) in [5, 5.41) is 16.0. The number of hydrogen-bond acceptors (Lipinski definition) is 5. The van der Waals surface area contributed by atoms with E-state index >= 15 is 0 Å². The number of nitrogens with zero attached hydrogens (tertiary/aromatic N) is 3. The Morgan fingerprint density at radius 3 is 2.70 bits per heavy atom. The van der Waals surface area contributed by atoms with E-state index in [9.17, 15) is 14.9 Å². The summed E-state index contributed by atoms with van der Waals surface area (Å²) in [5.74, 6) is -0.598. The largest absolute Gasteiger partial charge is 0.322 e. The molecule has 1 amide bonds. The fraction of sp³-hybridized carbons (Fsp3) is 0. The molecule has 0 radical (unpaired) electrons. The summed E-state index contributed by atoms with van der Waals surface area (Å²) < 4.78 is 1.94. The second kappa shape index (κ2) is 6.82. The van der Waals surface area contributed by atoms with Gasteiger partial charge in [0, 0.05) is 40.1 Å². The Kier molecular flexibility index (Phi) is 4.35. The first-order valence-corrected chi connectivity index (χ1v) is 9.05. The van der Waals surface area contributed by atoms with Gasteiger partial charge in [0.15, 0.2) is 4.96 Å². The van der Waals surface area contributed by atoms with Crippen LogP contribution in [0.25, 0.3) is 16.2 Å². The van der Waals surface area contributed by atoms with Crippen LogP contribution in [-0.4, -0.2) is 20.2 Å². The first-order chi connectivity index (χ1) is 13.0. The molecule has 7 nitrogen and oxygen atoms in total. The van der Waals surface area contributed by atoms with Gasteiger partial charge in [-0.25, -0.2) is 4.98 Å². The van der Waals surface area contributed by atoms with E-state index < -0.39 is 10.8 Å². The molecule has 4 rings (SSSR count). The number of amides is 1. The number of halogens is 1. The first-order valence-electron chi connectivity index (χ1n) is 7.79. The monoisotopic (exact) mass is 398 g/mol. The van der Waals surface area contributed by atoms with Crippen LogP contribution in [0.2, 0.25) is 5.02 Å². The highest BCUT2D eigenvalue weighted by atomic mass is 35.5. The molecular weight excluding hydrogens is 388 g/mol. The van der Waals surface area contributed by atoms with Gasteiger partial charge in [-0.3, -0.25) is 19.3 Å². The molecule has 4 aromatic rings. The number of hydrogen-bond donors (Lipinski definition) is 1. The van der Waals surface area contributed by atoms with Crippen molar-refractivity contribution in [3.63, 3.8) is 0 Å². The van der Waals surface area contributed by atoms with Crippen molar-refractivity contribution in [3.8, 4) is 11.3 Å². The Labute approximate surface area is 162 Å². The summed E-state index contributed by atoms with van der Waals surface area (Å²) in [6.07, 6.45) is 3.86. The van der Waals surface area contributed by atoms with Crippen molar-refractivity contribution in [2.75, 3.05) is 5.32 Å². The minimum atomic E-state index is -0.612. The number of nitro benzene ring substituents is 1. The van der Waals surface area contributed by atoms with Crippen LogP contribution >= 0.6 is 22.9 Å². The minimum Gasteiger partial charge on any atom is -0.322 e. The van der Waals surface area contributed by atoms with Gasteiger partial charge in [0.2, 0.25) is 0 Å². The molecule has 9 heteroatoms. The van der Waals surface area contributed by atoms with Gasteiger partial charge in [0.25, 0.3) is 11.6 Å². The molecule has 0 aliphatic rings. The first kappa shape index (κ1) is 17.2. The van der Waals surface area contributed by atoms with Gasteiger partial charge >= 0.3 is 0 Å². The lowest BCUT2D eigenvalue weighted by Crippen LogP contribution is -2.14. The summed E-state index contributed by atoms with van der Waals surface area (Å²) >= 11 is 7.42. The molecule has 0 atom stereocenters. The Morgan fingerprint density at radius 2 is 2.00 bits per heavy atom. The van der Waals surface area contributed by atoms with E-state index in [1.807, 2.05) is 34.3 Å². The second-order valence-corrected chi connectivity index (χ2v) is 6.98. The molecule has 0 bridgehead atoms. The van der Waals surface area contributed by atoms with E-state index in [0.29, 0.717) is 5.69 Å². The van der Waals surface area contributed by atoms with Gasteiger partial charge in [-0.1, -0.05) is 23.7 Å². The molecule has 1 N–H and O–H groups in total. The number of nitrogens with one attached hydrogen (secondary N) is 1. The van der Waals surface area contributed by atoms with Crippen molar-refractivity contribution in [1.82, 2.24) is 9.38 Å². The Bertz CT molecular complexity index is 1140. The highest BCUT2D eigenvalue weighted by Crippen LogP contribution is 2.26. The molecule has 2 heterocycles. The van der Waals surface area contributed by atoms with Gasteiger partial charge in [-0.15, -0.1) is 11.3 Å². The number of rotatable bonds is 4. The number of aromatic nitrogens is 2. The van der Waals surface area contributed by atoms with Crippen LogP contribution in [0.5, 0.6) is 0 Å². The average molecular weight is 399 g/mol. The molecular formula is C18H11ClN4O3S. The zero-order chi connectivity index (χ0) is 19.0. The summed E-state index contributed by atoms with van der Waals surface area (Å²) in [6, 6.07) is 11.0. The molecule has 134 valence electrons. The smallest absolute Gasteiger partial charge is 0.282 e. The van der Waals surface area contributed by atoms with E-state index in [0.717, 1.165) is 16.2 Å². The van der Waals surface area contributed by atoms with Crippen LogP contribution in [0.15, 0.2) is 60.2 Å². The molecule has 27 heavy (non-hydrogen) atoms. The van der Waals surface area contributed by atoms with E-state index in [1.165, 1.54) is 18.2 Å². The van der Waals surface area contributed by atoms with Gasteiger partial charge in [-0.05, 0) is 24.3 Å². The van der Waals surface area contributed by atoms with Crippen molar-refractivity contribution < 1.29 is 9.72 Å².